The van der Waals surface area contributed by atoms with Crippen LogP contribution in [0.2, 0.25) is 0 Å². The normalized spacial score (nSPS) is 32.2. The van der Waals surface area contributed by atoms with Gasteiger partial charge in [-0.25, -0.2) is 4.39 Å². The summed E-state index contributed by atoms with van der Waals surface area (Å²) in [6, 6.07) is -1.11. The van der Waals surface area contributed by atoms with Crippen molar-refractivity contribution in [2.24, 2.45) is 5.92 Å². The van der Waals surface area contributed by atoms with Crippen LogP contribution in [0, 0.1) is 5.92 Å². The molecule has 0 bridgehead atoms. The number of hydrogen-bond donors (Lipinski definition) is 0. The molecule has 0 aromatic carbocycles. The molecule has 3 atom stereocenters. The number of carboxylic acids is 1. The number of hydrogen-bond acceptors (Lipinski definition) is 5. The quantitative estimate of drug-likeness (QED) is 0.631. The molecule has 5 nitrogen and oxygen atoms in total. The van der Waals surface area contributed by atoms with E-state index in [2.05, 4.69) is 0 Å². The van der Waals surface area contributed by atoms with E-state index < -0.39 is 40.9 Å². The number of ether oxygens (including phenoxy) is 1. The van der Waals surface area contributed by atoms with Gasteiger partial charge in [-0.3, -0.25) is 4.79 Å². The Morgan fingerprint density at radius 1 is 1.50 bits per heavy atom. The zero-order valence-electron chi connectivity index (χ0n) is 10.4. The number of carbonyl (C=O) groups is 2. The lowest BCUT2D eigenvalue weighted by molar-refractivity contribution is -0.299. The Kier molecular flexibility index (Phi) is 2.67. The third kappa shape index (κ3) is 1.59. The van der Waals surface area contributed by atoms with Gasteiger partial charge in [0.2, 0.25) is 0 Å². The summed E-state index contributed by atoms with van der Waals surface area (Å²) in [5.41, 5.74) is -0.536. The molecule has 0 aromatic heterocycles. The Morgan fingerprint density at radius 3 is 2.85 bits per heavy atom. The van der Waals surface area contributed by atoms with Crippen LogP contribution in [0.25, 0.3) is 0 Å². The van der Waals surface area contributed by atoms with Gasteiger partial charge in [0.1, 0.15) is 12.6 Å². The van der Waals surface area contributed by atoms with Crippen molar-refractivity contribution in [3.05, 3.63) is 35.3 Å². The number of Topliss-reactive ketones (excluding diaryl/α,β-unsaturated/α-hetero) is 1. The van der Waals surface area contributed by atoms with Gasteiger partial charge in [0.25, 0.3) is 0 Å². The molecule has 106 valence electrons. The Labute approximate surface area is 112 Å². The molecule has 0 aromatic rings. The molecule has 3 aliphatic rings. The Bertz CT molecular complexity index is 607. The first kappa shape index (κ1) is 12.8. The Morgan fingerprint density at radius 2 is 2.20 bits per heavy atom. The molecule has 0 amide bonds. The molecule has 2 heterocycles. The van der Waals surface area contributed by atoms with Crippen LogP contribution in [0.15, 0.2) is 35.3 Å². The van der Waals surface area contributed by atoms with Crippen molar-refractivity contribution < 1.29 is 28.2 Å². The molecule has 0 saturated carbocycles. The van der Waals surface area contributed by atoms with Gasteiger partial charge in [-0.2, -0.15) is 4.39 Å². The minimum Gasteiger partial charge on any atom is -0.545 e. The second-order valence-electron chi connectivity index (χ2n) is 4.97. The van der Waals surface area contributed by atoms with Crippen molar-refractivity contribution in [2.45, 2.75) is 19.0 Å². The predicted octanol–water partition coefficient (Wildman–Crippen LogP) is -0.0435. The monoisotopic (exact) mass is 282 g/mol. The van der Waals surface area contributed by atoms with Crippen LogP contribution in [0.3, 0.4) is 0 Å². The maximum absolute atomic E-state index is 13.8. The number of halogens is 2. The summed E-state index contributed by atoms with van der Waals surface area (Å²) in [6.07, 6.45) is 1.94. The van der Waals surface area contributed by atoms with E-state index in [1.165, 1.54) is 4.90 Å². The molecule has 1 saturated heterocycles. The second kappa shape index (κ2) is 4.16. The number of morpholine rings is 1. The van der Waals surface area contributed by atoms with Gasteiger partial charge in [0.05, 0.1) is 23.5 Å². The summed E-state index contributed by atoms with van der Waals surface area (Å²) in [7, 11) is 0. The first-order valence-corrected chi connectivity index (χ1v) is 6.06. The molecule has 2 aliphatic heterocycles. The van der Waals surface area contributed by atoms with Gasteiger partial charge >= 0.3 is 0 Å². The number of carbonyl (C=O) groups excluding carboxylic acids is 2. The lowest BCUT2D eigenvalue weighted by atomic mass is 9.81. The number of allylic oxidation sites excluding steroid dienone is 2. The van der Waals surface area contributed by atoms with Crippen LogP contribution in [-0.2, 0) is 14.3 Å². The van der Waals surface area contributed by atoms with Gasteiger partial charge in [0.15, 0.2) is 23.2 Å². The average molecular weight is 282 g/mol. The van der Waals surface area contributed by atoms with Crippen LogP contribution in [-0.4, -0.2) is 35.3 Å². The summed E-state index contributed by atoms with van der Waals surface area (Å²) in [6.45, 7) is 1.81. The SMILES string of the molecule is C[C@@H]1COC2=C(F)C(F)=C[C@H]3C(=O)C(C(=O)[O-])=CN1[C@@H]23. The van der Waals surface area contributed by atoms with Gasteiger partial charge in [-0.15, -0.1) is 0 Å². The molecule has 3 rings (SSSR count). The van der Waals surface area contributed by atoms with Gasteiger partial charge in [-0.05, 0) is 13.0 Å². The highest BCUT2D eigenvalue weighted by molar-refractivity contribution is 6.18. The van der Waals surface area contributed by atoms with Crippen LogP contribution in [0.1, 0.15) is 6.92 Å². The fraction of sp³-hybridized carbons (Fsp3) is 0.385. The maximum atomic E-state index is 13.8. The summed E-state index contributed by atoms with van der Waals surface area (Å²) < 4.78 is 32.5. The second-order valence-corrected chi connectivity index (χ2v) is 4.97. The summed E-state index contributed by atoms with van der Waals surface area (Å²) in [5.74, 6) is -6.15. The van der Waals surface area contributed by atoms with Crippen molar-refractivity contribution in [1.82, 2.24) is 4.90 Å². The zero-order valence-corrected chi connectivity index (χ0v) is 10.4. The van der Waals surface area contributed by atoms with E-state index >= 15 is 0 Å². The van der Waals surface area contributed by atoms with E-state index in [4.69, 9.17) is 4.74 Å². The predicted molar refractivity (Wildman–Crippen MR) is 60.0 cm³/mol. The number of aliphatic carboxylic acids is 1. The summed E-state index contributed by atoms with van der Waals surface area (Å²) >= 11 is 0. The molecular formula is C13H10F2NO4-. The van der Waals surface area contributed by atoms with Crippen LogP contribution < -0.4 is 5.11 Å². The molecule has 0 radical (unpaired) electrons. The standard InChI is InChI=1S/C13H11F2NO4/c1-5-4-20-12-9(15)8(14)2-6-10(12)16(5)3-7(11(6)17)13(18)19/h2-3,5-6,10H,4H2,1H3,(H,18,19)/p-1/t5-,6-,10-/m1/s1. The van der Waals surface area contributed by atoms with Crippen LogP contribution in [0.4, 0.5) is 8.78 Å². The highest BCUT2D eigenvalue weighted by Crippen LogP contribution is 2.41. The molecule has 0 unspecified atom stereocenters. The molecule has 0 N–H and O–H groups in total. The molecule has 1 fully saturated rings. The highest BCUT2D eigenvalue weighted by atomic mass is 19.2. The van der Waals surface area contributed by atoms with E-state index in [1.54, 1.807) is 6.92 Å². The van der Waals surface area contributed by atoms with Crippen LogP contribution >= 0.6 is 0 Å². The minimum absolute atomic E-state index is 0.0737. The van der Waals surface area contributed by atoms with Gasteiger partial charge < -0.3 is 19.5 Å². The lowest BCUT2D eigenvalue weighted by Gasteiger charge is -2.47. The zero-order chi connectivity index (χ0) is 14.6. The topological polar surface area (TPSA) is 69.7 Å². The largest absolute Gasteiger partial charge is 0.545 e. The number of rotatable bonds is 1. The first-order chi connectivity index (χ1) is 9.41. The highest BCUT2D eigenvalue weighted by Gasteiger charge is 2.48. The smallest absolute Gasteiger partial charge is 0.198 e. The summed E-state index contributed by atoms with van der Waals surface area (Å²) in [5, 5.41) is 11.0. The number of nitrogens with zero attached hydrogens (tertiary/aromatic N) is 1. The summed E-state index contributed by atoms with van der Waals surface area (Å²) in [4.78, 5) is 24.6. The Balaban J connectivity index is 2.17. The van der Waals surface area contributed by atoms with Crippen molar-refractivity contribution >= 4 is 11.8 Å². The Hall–Kier alpha value is -2.18. The minimum atomic E-state index is -1.63. The van der Waals surface area contributed by atoms with Gasteiger partial charge in [-0.1, -0.05) is 0 Å². The van der Waals surface area contributed by atoms with Crippen LogP contribution in [0.5, 0.6) is 0 Å². The third-order valence-electron chi connectivity index (χ3n) is 3.74. The molecule has 0 spiro atoms. The lowest BCUT2D eigenvalue weighted by Crippen LogP contribution is -2.56. The first-order valence-electron chi connectivity index (χ1n) is 6.06. The van der Waals surface area contributed by atoms with E-state index in [9.17, 15) is 23.5 Å². The fourth-order valence-electron chi connectivity index (χ4n) is 2.74. The van der Waals surface area contributed by atoms with E-state index in [0.717, 1.165) is 12.3 Å². The number of carboxylic acid groups (broad SMARTS) is 1. The van der Waals surface area contributed by atoms with E-state index in [1.807, 2.05) is 0 Å². The van der Waals surface area contributed by atoms with Crippen molar-refractivity contribution in [3.63, 3.8) is 0 Å². The fourth-order valence-corrected chi connectivity index (χ4v) is 2.74. The molecule has 7 heteroatoms. The average Bonchev–Trinajstić information content (AvgIpc) is 2.39. The van der Waals surface area contributed by atoms with E-state index in [-0.39, 0.29) is 18.4 Å². The van der Waals surface area contributed by atoms with E-state index in [0.29, 0.717) is 0 Å². The van der Waals surface area contributed by atoms with Crippen molar-refractivity contribution in [1.29, 1.82) is 0 Å². The molecular weight excluding hydrogens is 272 g/mol. The van der Waals surface area contributed by atoms with Crippen molar-refractivity contribution in [2.75, 3.05) is 6.61 Å². The molecule has 20 heavy (non-hydrogen) atoms. The van der Waals surface area contributed by atoms with Crippen molar-refractivity contribution in [3.8, 4) is 0 Å². The number of ketones is 1. The third-order valence-corrected chi connectivity index (χ3v) is 3.74. The van der Waals surface area contributed by atoms with Gasteiger partial charge in [0, 0.05) is 6.20 Å². The maximum Gasteiger partial charge on any atom is 0.198 e. The molecule has 1 aliphatic carbocycles.